The molecule has 2 aromatic rings. The lowest BCUT2D eigenvalue weighted by molar-refractivity contribution is 0.0926. The van der Waals surface area contributed by atoms with E-state index in [-0.39, 0.29) is 23.9 Å². The van der Waals surface area contributed by atoms with Gasteiger partial charge in [-0.1, -0.05) is 52.0 Å². The lowest BCUT2D eigenvalue weighted by Crippen LogP contribution is -2.34. The summed E-state index contributed by atoms with van der Waals surface area (Å²) in [6, 6.07) is 11.4. The van der Waals surface area contributed by atoms with Gasteiger partial charge in [0.15, 0.2) is 0 Å². The second-order valence-electron chi connectivity index (χ2n) is 8.71. The number of hydrogen-bond acceptors (Lipinski definition) is 2. The maximum Gasteiger partial charge on any atom is 0.252 e. The molecule has 28 heavy (non-hydrogen) atoms. The Labute approximate surface area is 169 Å². The van der Waals surface area contributed by atoms with Gasteiger partial charge < -0.3 is 10.6 Å². The van der Waals surface area contributed by atoms with Crippen molar-refractivity contribution in [3.8, 4) is 0 Å². The Balaban J connectivity index is 2.29. The van der Waals surface area contributed by atoms with Gasteiger partial charge in [-0.3, -0.25) is 9.59 Å². The minimum Gasteiger partial charge on any atom is -0.350 e. The number of carbonyl (C=O) groups is 2. The van der Waals surface area contributed by atoms with Gasteiger partial charge in [-0.15, -0.1) is 0 Å². The Kier molecular flexibility index (Phi) is 7.61. The zero-order chi connectivity index (χ0) is 20.8. The standard InChI is InChI=1S/C24H34N2O2/c1-15(2)13-17(5)25-23(27)21-11-12-22(20-10-8-7-9-19(20)21)24(28)26-18(6)14-16(3)4/h7-12,15-18H,13-14H2,1-6H3,(H,25,27)(H,26,28). The van der Waals surface area contributed by atoms with Crippen LogP contribution in [0.3, 0.4) is 0 Å². The van der Waals surface area contributed by atoms with E-state index in [9.17, 15) is 9.59 Å². The topological polar surface area (TPSA) is 58.2 Å². The van der Waals surface area contributed by atoms with Gasteiger partial charge in [0.2, 0.25) is 0 Å². The van der Waals surface area contributed by atoms with E-state index in [0.717, 1.165) is 23.6 Å². The van der Waals surface area contributed by atoms with Gasteiger partial charge in [0.05, 0.1) is 0 Å². The first-order valence-corrected chi connectivity index (χ1v) is 10.3. The summed E-state index contributed by atoms with van der Waals surface area (Å²) >= 11 is 0. The van der Waals surface area contributed by atoms with Crippen LogP contribution in [0.1, 0.15) is 75.1 Å². The molecule has 0 aliphatic heterocycles. The highest BCUT2D eigenvalue weighted by molar-refractivity contribution is 6.14. The largest absolute Gasteiger partial charge is 0.350 e. The minimum atomic E-state index is -0.0931. The predicted octanol–water partition coefficient (Wildman–Crippen LogP) is 5.17. The van der Waals surface area contributed by atoms with Crippen molar-refractivity contribution < 1.29 is 9.59 Å². The maximum atomic E-state index is 12.8. The van der Waals surface area contributed by atoms with Gasteiger partial charge in [0.25, 0.3) is 11.8 Å². The summed E-state index contributed by atoms with van der Waals surface area (Å²) in [5, 5.41) is 7.78. The molecular formula is C24H34N2O2. The van der Waals surface area contributed by atoms with E-state index >= 15 is 0 Å². The van der Waals surface area contributed by atoms with Crippen LogP contribution in [0.4, 0.5) is 0 Å². The summed E-state index contributed by atoms with van der Waals surface area (Å²) < 4.78 is 0. The third-order valence-electron chi connectivity index (χ3n) is 4.82. The summed E-state index contributed by atoms with van der Waals surface area (Å²) in [4.78, 5) is 25.6. The molecule has 0 aliphatic rings. The van der Waals surface area contributed by atoms with Crippen LogP contribution in [0.5, 0.6) is 0 Å². The first-order valence-electron chi connectivity index (χ1n) is 10.3. The number of hydrogen-bond donors (Lipinski definition) is 2. The second-order valence-corrected chi connectivity index (χ2v) is 8.71. The molecule has 2 amide bonds. The van der Waals surface area contributed by atoms with Crippen LogP contribution < -0.4 is 10.6 Å². The summed E-state index contributed by atoms with van der Waals surface area (Å²) in [5.41, 5.74) is 1.22. The van der Waals surface area contributed by atoms with E-state index in [1.165, 1.54) is 0 Å². The van der Waals surface area contributed by atoms with Gasteiger partial charge in [-0.05, 0) is 61.4 Å². The fourth-order valence-electron chi connectivity index (χ4n) is 3.83. The van der Waals surface area contributed by atoms with E-state index in [0.29, 0.717) is 23.0 Å². The highest BCUT2D eigenvalue weighted by Crippen LogP contribution is 2.24. The van der Waals surface area contributed by atoms with Crippen LogP contribution in [0.2, 0.25) is 0 Å². The molecule has 152 valence electrons. The molecule has 2 N–H and O–H groups in total. The molecule has 0 heterocycles. The number of rotatable bonds is 8. The van der Waals surface area contributed by atoms with Crippen molar-refractivity contribution in [2.75, 3.05) is 0 Å². The van der Waals surface area contributed by atoms with Crippen molar-refractivity contribution in [2.24, 2.45) is 11.8 Å². The first kappa shape index (κ1) is 21.9. The fraction of sp³-hybridized carbons (Fsp3) is 0.500. The zero-order valence-corrected chi connectivity index (χ0v) is 18.0. The van der Waals surface area contributed by atoms with Gasteiger partial charge in [0, 0.05) is 23.2 Å². The van der Waals surface area contributed by atoms with Crippen molar-refractivity contribution in [3.05, 3.63) is 47.5 Å². The molecule has 2 unspecified atom stereocenters. The average molecular weight is 383 g/mol. The number of benzene rings is 2. The number of amides is 2. The van der Waals surface area contributed by atoms with E-state index in [4.69, 9.17) is 0 Å². The molecule has 4 nitrogen and oxygen atoms in total. The van der Waals surface area contributed by atoms with Gasteiger partial charge >= 0.3 is 0 Å². The zero-order valence-electron chi connectivity index (χ0n) is 18.0. The molecule has 0 radical (unpaired) electrons. The number of nitrogens with one attached hydrogen (secondary N) is 2. The maximum absolute atomic E-state index is 12.8. The Morgan fingerprint density at radius 1 is 0.679 bits per heavy atom. The van der Waals surface area contributed by atoms with Crippen molar-refractivity contribution in [1.82, 2.24) is 10.6 Å². The first-order chi connectivity index (χ1) is 13.2. The van der Waals surface area contributed by atoms with Crippen LogP contribution in [-0.4, -0.2) is 23.9 Å². The molecule has 0 saturated carbocycles. The Hall–Kier alpha value is -2.36. The lowest BCUT2D eigenvalue weighted by Gasteiger charge is -2.19. The third kappa shape index (κ3) is 5.82. The van der Waals surface area contributed by atoms with Crippen molar-refractivity contribution in [1.29, 1.82) is 0 Å². The quantitative estimate of drug-likeness (QED) is 0.662. The van der Waals surface area contributed by atoms with Gasteiger partial charge in [0.1, 0.15) is 0 Å². The molecule has 2 atom stereocenters. The van der Waals surface area contributed by atoms with E-state index in [2.05, 4.69) is 38.3 Å². The molecule has 0 fully saturated rings. The van der Waals surface area contributed by atoms with Crippen molar-refractivity contribution in [3.63, 3.8) is 0 Å². The molecule has 0 spiro atoms. The predicted molar refractivity (Wildman–Crippen MR) is 117 cm³/mol. The number of carbonyl (C=O) groups excluding carboxylic acids is 2. The molecule has 4 heteroatoms. The molecule has 0 bridgehead atoms. The Morgan fingerprint density at radius 2 is 1.04 bits per heavy atom. The summed E-state index contributed by atoms with van der Waals surface area (Å²) in [7, 11) is 0. The smallest absolute Gasteiger partial charge is 0.252 e. The summed E-state index contributed by atoms with van der Waals surface area (Å²) in [6.45, 7) is 12.6. The van der Waals surface area contributed by atoms with Crippen LogP contribution in [-0.2, 0) is 0 Å². The van der Waals surface area contributed by atoms with Crippen molar-refractivity contribution >= 4 is 22.6 Å². The normalized spacial score (nSPS) is 13.6. The fourth-order valence-corrected chi connectivity index (χ4v) is 3.83. The highest BCUT2D eigenvalue weighted by Gasteiger charge is 2.18. The van der Waals surface area contributed by atoms with E-state index < -0.39 is 0 Å². The molecule has 0 saturated heterocycles. The Bertz CT molecular complexity index is 758. The lowest BCUT2D eigenvalue weighted by atomic mass is 9.97. The third-order valence-corrected chi connectivity index (χ3v) is 4.82. The van der Waals surface area contributed by atoms with E-state index in [1.807, 2.05) is 38.1 Å². The van der Waals surface area contributed by atoms with Crippen LogP contribution >= 0.6 is 0 Å². The van der Waals surface area contributed by atoms with Crippen molar-refractivity contribution in [2.45, 2.75) is 66.5 Å². The second kappa shape index (κ2) is 9.72. The van der Waals surface area contributed by atoms with E-state index in [1.54, 1.807) is 12.1 Å². The molecular weight excluding hydrogens is 348 g/mol. The highest BCUT2D eigenvalue weighted by atomic mass is 16.2. The van der Waals surface area contributed by atoms with Gasteiger partial charge in [-0.25, -0.2) is 0 Å². The van der Waals surface area contributed by atoms with Gasteiger partial charge in [-0.2, -0.15) is 0 Å². The van der Waals surface area contributed by atoms with Crippen LogP contribution in [0.15, 0.2) is 36.4 Å². The monoisotopic (exact) mass is 382 g/mol. The summed E-state index contributed by atoms with van der Waals surface area (Å²) in [6.07, 6.45) is 1.86. The number of fused-ring (bicyclic) bond motifs is 1. The SMILES string of the molecule is CC(C)CC(C)NC(=O)c1ccc(C(=O)NC(C)CC(C)C)c2ccccc12. The molecule has 2 rings (SSSR count). The Morgan fingerprint density at radius 3 is 1.36 bits per heavy atom. The minimum absolute atomic E-state index is 0.0931. The molecule has 0 aliphatic carbocycles. The molecule has 2 aromatic carbocycles. The van der Waals surface area contributed by atoms with Crippen LogP contribution in [0.25, 0.3) is 10.8 Å². The van der Waals surface area contributed by atoms with Crippen LogP contribution in [0, 0.1) is 11.8 Å². The summed E-state index contributed by atoms with van der Waals surface area (Å²) in [5.74, 6) is 0.853. The average Bonchev–Trinajstić information content (AvgIpc) is 2.58. The molecule has 0 aromatic heterocycles.